The molecule has 0 saturated carbocycles. The van der Waals surface area contributed by atoms with Gasteiger partial charge in [0.05, 0.1) is 23.4 Å². The highest BCUT2D eigenvalue weighted by atomic mass is 32.1. The maximum absolute atomic E-state index is 13.1. The molecule has 4 rings (SSSR count). The Morgan fingerprint density at radius 3 is 2.58 bits per heavy atom. The fraction of sp³-hybridized carbons (Fsp3) is 0.125. The molecule has 2 heterocycles. The van der Waals surface area contributed by atoms with Crippen LogP contribution >= 0.6 is 11.3 Å². The smallest absolute Gasteiger partial charge is 0.257 e. The van der Waals surface area contributed by atoms with Crippen LogP contribution in [0.5, 0.6) is 0 Å². The third kappa shape index (κ3) is 5.15. The van der Waals surface area contributed by atoms with Crippen LogP contribution in [0.15, 0.2) is 66.2 Å². The largest absolute Gasteiger partial charge is 0.346 e. The van der Waals surface area contributed by atoms with Gasteiger partial charge in [-0.3, -0.25) is 9.59 Å². The van der Waals surface area contributed by atoms with Gasteiger partial charge in [0.1, 0.15) is 0 Å². The Labute approximate surface area is 192 Å². The lowest BCUT2D eigenvalue weighted by Gasteiger charge is -2.15. The van der Waals surface area contributed by atoms with Crippen LogP contribution in [-0.2, 0) is 0 Å². The number of fused-ring (bicyclic) bond motifs is 1. The summed E-state index contributed by atoms with van der Waals surface area (Å²) in [6, 6.07) is 16.5. The normalized spacial score (nSPS) is 10.9. The first-order valence-electron chi connectivity index (χ1n) is 10.1. The second kappa shape index (κ2) is 9.74. The van der Waals surface area contributed by atoms with Gasteiger partial charge in [-0.05, 0) is 30.7 Å². The van der Waals surface area contributed by atoms with Crippen molar-refractivity contribution in [3.8, 4) is 0 Å². The average molecular weight is 467 g/mol. The summed E-state index contributed by atoms with van der Waals surface area (Å²) in [5.41, 5.74) is 2.53. The number of aryl methyl sites for hydroxylation is 1. The Bertz CT molecular complexity index is 1320. The van der Waals surface area contributed by atoms with E-state index in [4.69, 9.17) is 0 Å². The van der Waals surface area contributed by atoms with Crippen LogP contribution in [0.1, 0.15) is 26.3 Å². The van der Waals surface area contributed by atoms with E-state index in [1.54, 1.807) is 5.38 Å². The van der Waals surface area contributed by atoms with Crippen molar-refractivity contribution in [1.82, 2.24) is 10.3 Å². The van der Waals surface area contributed by atoms with Gasteiger partial charge in [0, 0.05) is 27.4 Å². The summed E-state index contributed by atoms with van der Waals surface area (Å²) in [5.74, 6) is -0.753. The first-order chi connectivity index (χ1) is 15.9. The highest BCUT2D eigenvalue weighted by Gasteiger charge is 2.18. The van der Waals surface area contributed by atoms with Gasteiger partial charge in [0.2, 0.25) is 0 Å². The number of aromatic nitrogens is 1. The molecule has 0 unspecified atom stereocenters. The highest BCUT2D eigenvalue weighted by molar-refractivity contribution is 7.17. The molecule has 0 aliphatic carbocycles. The van der Waals surface area contributed by atoms with E-state index >= 15 is 0 Å². The van der Waals surface area contributed by atoms with Gasteiger partial charge >= 0.3 is 0 Å². The van der Waals surface area contributed by atoms with Crippen LogP contribution in [0.25, 0.3) is 10.1 Å². The van der Waals surface area contributed by atoms with Crippen LogP contribution < -0.4 is 16.0 Å². The SMILES string of the molecule is Cc1ccccc1Nc1ncc(C(=O)NCC(F)F)cc1NC(=O)c1csc2ccccc12. The zero-order valence-corrected chi connectivity index (χ0v) is 18.4. The van der Waals surface area contributed by atoms with E-state index in [1.165, 1.54) is 23.6 Å². The number of benzene rings is 2. The fourth-order valence-corrected chi connectivity index (χ4v) is 4.18. The van der Waals surface area contributed by atoms with Crippen LogP contribution in [0.2, 0.25) is 0 Å². The molecule has 9 heteroatoms. The van der Waals surface area contributed by atoms with Crippen LogP contribution in [0.3, 0.4) is 0 Å². The summed E-state index contributed by atoms with van der Waals surface area (Å²) < 4.78 is 26.0. The predicted octanol–water partition coefficient (Wildman–Crippen LogP) is 5.60. The molecule has 6 nitrogen and oxygen atoms in total. The minimum Gasteiger partial charge on any atom is -0.346 e. The van der Waals surface area contributed by atoms with E-state index < -0.39 is 18.9 Å². The Kier molecular flexibility index (Phi) is 6.60. The number of amides is 2. The van der Waals surface area contributed by atoms with E-state index in [-0.39, 0.29) is 17.2 Å². The number of thiophene rings is 1. The summed E-state index contributed by atoms with van der Waals surface area (Å²) in [6.45, 7) is 1.15. The van der Waals surface area contributed by atoms with E-state index in [2.05, 4.69) is 20.9 Å². The number of hydrogen-bond donors (Lipinski definition) is 3. The zero-order valence-electron chi connectivity index (χ0n) is 17.6. The van der Waals surface area contributed by atoms with Crippen LogP contribution in [-0.4, -0.2) is 29.8 Å². The second-order valence-corrected chi connectivity index (χ2v) is 8.17. The first-order valence-corrected chi connectivity index (χ1v) is 11.0. The molecule has 168 valence electrons. The number of nitrogens with one attached hydrogen (secondary N) is 3. The van der Waals surface area contributed by atoms with Gasteiger partial charge in [0.25, 0.3) is 18.2 Å². The third-order valence-electron chi connectivity index (χ3n) is 4.94. The molecule has 2 aromatic carbocycles. The number of hydrogen-bond acceptors (Lipinski definition) is 5. The number of nitrogens with zero attached hydrogens (tertiary/aromatic N) is 1. The third-order valence-corrected chi connectivity index (χ3v) is 5.90. The maximum atomic E-state index is 13.1. The van der Waals surface area contributed by atoms with Crippen LogP contribution in [0, 0.1) is 6.92 Å². The number of alkyl halides is 2. The standard InChI is InChI=1S/C24H20F2N4O2S/c1-14-6-2-4-8-18(14)29-22-19(10-15(11-27-22)23(31)28-12-21(25)26)30-24(32)17-13-33-20-9-5-3-7-16(17)20/h2-11,13,21H,12H2,1H3,(H,27,29)(H,28,31)(H,30,32). The molecule has 0 aliphatic rings. The second-order valence-electron chi connectivity index (χ2n) is 7.26. The lowest BCUT2D eigenvalue weighted by atomic mass is 10.1. The van der Waals surface area contributed by atoms with E-state index in [0.717, 1.165) is 21.3 Å². The molecule has 0 atom stereocenters. The van der Waals surface area contributed by atoms with Gasteiger partial charge in [-0.1, -0.05) is 36.4 Å². The van der Waals surface area contributed by atoms with E-state index in [1.807, 2.05) is 55.5 Å². The average Bonchev–Trinajstić information content (AvgIpc) is 3.24. The molecule has 0 aliphatic heterocycles. The number of carbonyl (C=O) groups is 2. The van der Waals surface area contributed by atoms with Gasteiger partial charge in [-0.2, -0.15) is 0 Å². The number of rotatable bonds is 7. The zero-order chi connectivity index (χ0) is 23.4. The summed E-state index contributed by atoms with van der Waals surface area (Å²) in [4.78, 5) is 29.7. The fourth-order valence-electron chi connectivity index (χ4n) is 3.24. The summed E-state index contributed by atoms with van der Waals surface area (Å²) >= 11 is 1.45. The monoisotopic (exact) mass is 466 g/mol. The van der Waals surface area contributed by atoms with Crippen molar-refractivity contribution >= 4 is 50.4 Å². The van der Waals surface area contributed by atoms with Crippen molar-refractivity contribution in [2.24, 2.45) is 0 Å². The molecule has 4 aromatic rings. The highest BCUT2D eigenvalue weighted by Crippen LogP contribution is 2.29. The van der Waals surface area contributed by atoms with E-state index in [0.29, 0.717) is 11.4 Å². The van der Waals surface area contributed by atoms with Crippen molar-refractivity contribution < 1.29 is 18.4 Å². The molecule has 3 N–H and O–H groups in total. The van der Waals surface area contributed by atoms with Crippen molar-refractivity contribution in [2.45, 2.75) is 13.3 Å². The van der Waals surface area contributed by atoms with Crippen molar-refractivity contribution in [3.05, 3.63) is 82.9 Å². The number of carbonyl (C=O) groups excluding carboxylic acids is 2. The maximum Gasteiger partial charge on any atom is 0.257 e. The molecular weight excluding hydrogens is 446 g/mol. The molecule has 0 spiro atoms. The first kappa shape index (κ1) is 22.3. The summed E-state index contributed by atoms with van der Waals surface area (Å²) in [7, 11) is 0. The number of pyridine rings is 1. The minimum absolute atomic E-state index is 0.0523. The Balaban J connectivity index is 1.67. The molecule has 33 heavy (non-hydrogen) atoms. The molecule has 0 bridgehead atoms. The molecular formula is C24H20F2N4O2S. The number of halogens is 2. The molecule has 0 fully saturated rings. The number of anilines is 3. The lowest BCUT2D eigenvalue weighted by molar-refractivity contribution is 0.0891. The quantitative estimate of drug-likeness (QED) is 0.331. The van der Waals surface area contributed by atoms with Gasteiger partial charge in [-0.25, -0.2) is 13.8 Å². The number of para-hydroxylation sites is 1. The van der Waals surface area contributed by atoms with Gasteiger partial charge in [0.15, 0.2) is 5.82 Å². The minimum atomic E-state index is -2.67. The Hall–Kier alpha value is -3.85. The predicted molar refractivity (Wildman–Crippen MR) is 127 cm³/mol. The van der Waals surface area contributed by atoms with Crippen molar-refractivity contribution in [1.29, 1.82) is 0 Å². The molecule has 2 aromatic heterocycles. The molecule has 0 saturated heterocycles. The molecule has 2 amide bonds. The molecule has 0 radical (unpaired) electrons. The topological polar surface area (TPSA) is 83.1 Å². The van der Waals surface area contributed by atoms with Crippen molar-refractivity contribution in [3.63, 3.8) is 0 Å². The lowest BCUT2D eigenvalue weighted by Crippen LogP contribution is -2.28. The van der Waals surface area contributed by atoms with Crippen molar-refractivity contribution in [2.75, 3.05) is 17.2 Å². The summed E-state index contributed by atoms with van der Waals surface area (Å²) in [5, 5.41) is 10.7. The van der Waals surface area contributed by atoms with Gasteiger partial charge in [-0.15, -0.1) is 11.3 Å². The van der Waals surface area contributed by atoms with Gasteiger partial charge < -0.3 is 16.0 Å². The Morgan fingerprint density at radius 2 is 1.79 bits per heavy atom. The van der Waals surface area contributed by atoms with Crippen LogP contribution in [0.4, 0.5) is 26.0 Å². The Morgan fingerprint density at radius 1 is 1.03 bits per heavy atom. The van der Waals surface area contributed by atoms with E-state index in [9.17, 15) is 18.4 Å². The summed E-state index contributed by atoms with van der Waals surface area (Å²) in [6.07, 6.45) is -1.40.